The molecule has 1 heterocycles. The van der Waals surface area contributed by atoms with Crippen LogP contribution in [0, 0.1) is 17.8 Å². The molecule has 2 bridgehead atoms. The van der Waals surface area contributed by atoms with Crippen LogP contribution in [0.5, 0.6) is 0 Å². The number of aromatic amines is 1. The quantitative estimate of drug-likeness (QED) is 0.870. The molecule has 2 saturated carbocycles. The Bertz CT molecular complexity index is 527. The van der Waals surface area contributed by atoms with Gasteiger partial charge in [-0.3, -0.25) is 9.89 Å². The highest BCUT2D eigenvalue weighted by Gasteiger charge is 2.44. The Balaban J connectivity index is 1.50. The number of hydrogen-bond donors (Lipinski definition) is 1. The summed E-state index contributed by atoms with van der Waals surface area (Å²) in [5.74, 6) is 0.759. The van der Waals surface area contributed by atoms with E-state index in [0.29, 0.717) is 11.8 Å². The number of hydrogen-bond acceptors (Lipinski definition) is 3. The second-order valence-corrected chi connectivity index (χ2v) is 5.97. The molecule has 3 rings (SSSR count). The highest BCUT2D eigenvalue weighted by molar-refractivity contribution is 5.73. The van der Waals surface area contributed by atoms with Crippen LogP contribution in [0.1, 0.15) is 36.9 Å². The van der Waals surface area contributed by atoms with Crippen molar-refractivity contribution in [3.8, 4) is 0 Å². The normalized spacial score (nSPS) is 28.0. The Morgan fingerprint density at radius 2 is 2.19 bits per heavy atom. The Kier molecular flexibility index (Phi) is 3.67. The van der Waals surface area contributed by atoms with Gasteiger partial charge in [-0.2, -0.15) is 18.3 Å². The van der Waals surface area contributed by atoms with E-state index in [4.69, 9.17) is 4.74 Å². The maximum Gasteiger partial charge on any atom is 0.433 e. The summed E-state index contributed by atoms with van der Waals surface area (Å²) in [5, 5.41) is 5.35. The summed E-state index contributed by atoms with van der Waals surface area (Å²) in [6.07, 6.45) is 0.943. The Morgan fingerprint density at radius 1 is 1.38 bits per heavy atom. The van der Waals surface area contributed by atoms with E-state index in [1.165, 1.54) is 6.42 Å². The molecule has 21 heavy (non-hydrogen) atoms. The average Bonchev–Trinajstić information content (AvgIpc) is 3.13. The molecule has 116 valence electrons. The molecule has 0 spiro atoms. The second-order valence-electron chi connectivity index (χ2n) is 5.97. The summed E-state index contributed by atoms with van der Waals surface area (Å²) in [5.41, 5.74) is -0.832. The summed E-state index contributed by atoms with van der Waals surface area (Å²) in [6.45, 7) is -0.0324. The summed E-state index contributed by atoms with van der Waals surface area (Å²) in [7, 11) is 0. The monoisotopic (exact) mass is 302 g/mol. The molecule has 0 aliphatic heterocycles. The predicted octanol–water partition coefficient (Wildman–Crippen LogP) is 2.95. The SMILES string of the molecule is O=C(OCCc1cn[nH]c1C(F)(F)F)C1CC2CCC1C2. The minimum absolute atomic E-state index is 0.0257. The molecule has 0 amide bonds. The van der Waals surface area contributed by atoms with Crippen LogP contribution in [0.2, 0.25) is 0 Å². The summed E-state index contributed by atoms with van der Waals surface area (Å²) < 4.78 is 43.1. The van der Waals surface area contributed by atoms with Gasteiger partial charge in [0.05, 0.1) is 18.7 Å². The topological polar surface area (TPSA) is 55.0 Å². The van der Waals surface area contributed by atoms with Crippen LogP contribution < -0.4 is 0 Å². The smallest absolute Gasteiger partial charge is 0.433 e. The number of fused-ring (bicyclic) bond motifs is 2. The molecule has 0 aromatic carbocycles. The lowest BCUT2D eigenvalue weighted by molar-refractivity contribution is -0.150. The van der Waals surface area contributed by atoms with Crippen molar-refractivity contribution in [2.45, 2.75) is 38.3 Å². The number of nitrogens with one attached hydrogen (secondary N) is 1. The summed E-state index contributed by atoms with van der Waals surface area (Å²) >= 11 is 0. The van der Waals surface area contributed by atoms with Gasteiger partial charge < -0.3 is 4.74 Å². The number of aromatic nitrogens is 2. The molecule has 0 radical (unpaired) electrons. The van der Waals surface area contributed by atoms with Crippen LogP contribution in [0.4, 0.5) is 13.2 Å². The van der Waals surface area contributed by atoms with Crippen molar-refractivity contribution >= 4 is 5.97 Å². The lowest BCUT2D eigenvalue weighted by atomic mass is 9.89. The van der Waals surface area contributed by atoms with E-state index in [9.17, 15) is 18.0 Å². The van der Waals surface area contributed by atoms with E-state index in [1.807, 2.05) is 5.10 Å². The number of nitrogens with zero attached hydrogens (tertiary/aromatic N) is 1. The number of H-pyrrole nitrogens is 1. The zero-order valence-electron chi connectivity index (χ0n) is 11.4. The van der Waals surface area contributed by atoms with Crippen LogP contribution in [0.15, 0.2) is 6.20 Å². The molecular weight excluding hydrogens is 285 g/mol. The maximum absolute atomic E-state index is 12.6. The molecule has 2 aliphatic carbocycles. The third-order valence-corrected chi connectivity index (χ3v) is 4.66. The van der Waals surface area contributed by atoms with Gasteiger partial charge in [-0.1, -0.05) is 6.42 Å². The van der Waals surface area contributed by atoms with Gasteiger partial charge in [0.2, 0.25) is 0 Å². The largest absolute Gasteiger partial charge is 0.465 e. The third-order valence-electron chi connectivity index (χ3n) is 4.66. The highest BCUT2D eigenvalue weighted by Crippen LogP contribution is 2.48. The van der Waals surface area contributed by atoms with E-state index in [2.05, 4.69) is 5.10 Å². The number of alkyl halides is 3. The van der Waals surface area contributed by atoms with Gasteiger partial charge >= 0.3 is 12.1 Å². The molecule has 2 aliphatic rings. The standard InChI is InChI=1S/C14H17F3N2O2/c15-14(16,17)12-10(7-18-19-12)3-4-21-13(20)11-6-8-1-2-9(11)5-8/h7-9,11H,1-6H2,(H,18,19). The molecule has 1 aromatic heterocycles. The Hall–Kier alpha value is -1.53. The molecule has 3 atom stereocenters. The molecule has 1 N–H and O–H groups in total. The first-order chi connectivity index (χ1) is 9.95. The first-order valence-corrected chi connectivity index (χ1v) is 7.21. The van der Waals surface area contributed by atoms with Gasteiger partial charge in [0.1, 0.15) is 5.69 Å². The maximum atomic E-state index is 12.6. The molecule has 4 nitrogen and oxygen atoms in total. The van der Waals surface area contributed by atoms with Crippen molar-refractivity contribution in [2.24, 2.45) is 17.8 Å². The van der Waals surface area contributed by atoms with Gasteiger partial charge in [0.15, 0.2) is 0 Å². The molecule has 7 heteroatoms. The summed E-state index contributed by atoms with van der Waals surface area (Å²) in [6, 6.07) is 0. The van der Waals surface area contributed by atoms with Crippen LogP contribution in [-0.4, -0.2) is 22.8 Å². The van der Waals surface area contributed by atoms with Crippen LogP contribution in [0.25, 0.3) is 0 Å². The second kappa shape index (κ2) is 5.35. The van der Waals surface area contributed by atoms with Crippen molar-refractivity contribution < 1.29 is 22.7 Å². The number of esters is 1. The number of ether oxygens (including phenoxy) is 1. The number of halogens is 3. The fourth-order valence-electron chi connectivity index (χ4n) is 3.65. The molecular formula is C14H17F3N2O2. The molecule has 2 fully saturated rings. The van der Waals surface area contributed by atoms with E-state index >= 15 is 0 Å². The minimum atomic E-state index is -4.46. The number of carbonyl (C=O) groups excluding carboxylic acids is 1. The highest BCUT2D eigenvalue weighted by atomic mass is 19.4. The van der Waals surface area contributed by atoms with E-state index in [-0.39, 0.29) is 30.5 Å². The zero-order chi connectivity index (χ0) is 15.0. The van der Waals surface area contributed by atoms with Gasteiger partial charge in [-0.05, 0) is 31.1 Å². The van der Waals surface area contributed by atoms with Gasteiger partial charge in [0, 0.05) is 12.0 Å². The Labute approximate surface area is 120 Å². The van der Waals surface area contributed by atoms with Crippen LogP contribution in [-0.2, 0) is 22.1 Å². The lowest BCUT2D eigenvalue weighted by Crippen LogP contribution is -2.24. The van der Waals surface area contributed by atoms with Gasteiger partial charge in [-0.25, -0.2) is 0 Å². The van der Waals surface area contributed by atoms with E-state index < -0.39 is 11.9 Å². The minimum Gasteiger partial charge on any atom is -0.465 e. The number of carbonyl (C=O) groups is 1. The average molecular weight is 302 g/mol. The first-order valence-electron chi connectivity index (χ1n) is 7.21. The third kappa shape index (κ3) is 2.91. The fourth-order valence-corrected chi connectivity index (χ4v) is 3.65. The molecule has 0 saturated heterocycles. The number of rotatable bonds is 4. The van der Waals surface area contributed by atoms with Crippen molar-refractivity contribution in [3.63, 3.8) is 0 Å². The first kappa shape index (κ1) is 14.4. The molecule has 1 aromatic rings. The van der Waals surface area contributed by atoms with Crippen LogP contribution in [0.3, 0.4) is 0 Å². The zero-order valence-corrected chi connectivity index (χ0v) is 11.4. The van der Waals surface area contributed by atoms with Crippen molar-refractivity contribution in [1.82, 2.24) is 10.2 Å². The van der Waals surface area contributed by atoms with Crippen molar-refractivity contribution in [3.05, 3.63) is 17.5 Å². The van der Waals surface area contributed by atoms with Crippen molar-refractivity contribution in [2.75, 3.05) is 6.61 Å². The molecule has 3 unspecified atom stereocenters. The predicted molar refractivity (Wildman–Crippen MR) is 67.2 cm³/mol. The van der Waals surface area contributed by atoms with Crippen molar-refractivity contribution in [1.29, 1.82) is 0 Å². The fraction of sp³-hybridized carbons (Fsp3) is 0.714. The summed E-state index contributed by atoms with van der Waals surface area (Å²) in [4.78, 5) is 12.0. The van der Waals surface area contributed by atoms with Gasteiger partial charge in [-0.15, -0.1) is 0 Å². The van der Waals surface area contributed by atoms with E-state index in [1.54, 1.807) is 0 Å². The lowest BCUT2D eigenvalue weighted by Gasteiger charge is -2.19. The van der Waals surface area contributed by atoms with E-state index in [0.717, 1.165) is 25.5 Å². The van der Waals surface area contributed by atoms with Crippen LogP contribution >= 0.6 is 0 Å². The van der Waals surface area contributed by atoms with Gasteiger partial charge in [0.25, 0.3) is 0 Å². The Morgan fingerprint density at radius 3 is 2.81 bits per heavy atom.